The van der Waals surface area contributed by atoms with Crippen molar-refractivity contribution in [3.05, 3.63) is 16.6 Å². The third kappa shape index (κ3) is 4.91. The van der Waals surface area contributed by atoms with Crippen molar-refractivity contribution in [1.82, 2.24) is 4.98 Å². The fourth-order valence-electron chi connectivity index (χ4n) is 1.59. The van der Waals surface area contributed by atoms with Crippen LogP contribution in [0.3, 0.4) is 0 Å². The zero-order chi connectivity index (χ0) is 17.9. The third-order valence-corrected chi connectivity index (χ3v) is 5.47. The molecular formula is C12H17F6NO2SSi. The van der Waals surface area contributed by atoms with Crippen LogP contribution in [0, 0.1) is 0 Å². The second-order valence-corrected chi connectivity index (χ2v) is 12.5. The quantitative estimate of drug-likeness (QED) is 0.294. The molecule has 0 bridgehead atoms. The molecule has 23 heavy (non-hydrogen) atoms. The molecule has 0 saturated heterocycles. The van der Waals surface area contributed by atoms with E-state index in [4.69, 9.17) is 4.74 Å². The van der Waals surface area contributed by atoms with Crippen molar-refractivity contribution in [3.63, 3.8) is 0 Å². The van der Waals surface area contributed by atoms with Crippen molar-refractivity contribution in [1.29, 1.82) is 0 Å². The van der Waals surface area contributed by atoms with Gasteiger partial charge in [0, 0.05) is 26.3 Å². The predicted molar refractivity (Wildman–Crippen MR) is 76.0 cm³/mol. The van der Waals surface area contributed by atoms with Gasteiger partial charge in [-0.1, -0.05) is 19.6 Å². The summed E-state index contributed by atoms with van der Waals surface area (Å²) >= 11 is 0.227. The normalized spacial score (nSPS) is 14.3. The number of ether oxygens (including phenoxy) is 2. The van der Waals surface area contributed by atoms with E-state index >= 15 is 0 Å². The molecule has 134 valence electrons. The number of nitrogens with zero attached hydrogens (tertiary/aromatic N) is 1. The Balaban J connectivity index is 2.93. The molecule has 0 aliphatic rings. The van der Waals surface area contributed by atoms with Crippen molar-refractivity contribution >= 4 is 19.4 Å². The topological polar surface area (TPSA) is 31.4 Å². The molecule has 0 spiro atoms. The Hall–Kier alpha value is -0.653. The van der Waals surface area contributed by atoms with E-state index in [0.29, 0.717) is 6.04 Å². The Labute approximate surface area is 134 Å². The molecule has 0 saturated carbocycles. The molecule has 0 aliphatic heterocycles. The summed E-state index contributed by atoms with van der Waals surface area (Å²) in [6, 6.07) is 0.596. The Bertz CT molecular complexity index is 469. The highest BCUT2D eigenvalue weighted by molar-refractivity contribution is 7.09. The standard InChI is InChI=1S/C12H17F6NO2SSi/c1-23(2,3)7-5-20-8-21-10(11(13,14)15,12(16,17)18)9-19-4-6-22-9/h4,6H,5,7-8H2,1-3H3. The summed E-state index contributed by atoms with van der Waals surface area (Å²) in [6.07, 6.45) is -10.6. The first kappa shape index (κ1) is 20.4. The van der Waals surface area contributed by atoms with Crippen molar-refractivity contribution in [2.24, 2.45) is 0 Å². The van der Waals surface area contributed by atoms with Gasteiger partial charge in [0.05, 0.1) is 0 Å². The van der Waals surface area contributed by atoms with E-state index in [-0.39, 0.29) is 17.9 Å². The van der Waals surface area contributed by atoms with Crippen LogP contribution in [0.5, 0.6) is 0 Å². The summed E-state index contributed by atoms with van der Waals surface area (Å²) in [5.74, 6) is 0. The maximum absolute atomic E-state index is 13.2. The van der Waals surface area contributed by atoms with Gasteiger partial charge in [-0.2, -0.15) is 26.3 Å². The summed E-state index contributed by atoms with van der Waals surface area (Å²) in [6.45, 7) is 4.93. The number of alkyl halides is 6. The molecule has 0 fully saturated rings. The molecule has 1 aromatic rings. The van der Waals surface area contributed by atoms with Gasteiger partial charge in [-0.25, -0.2) is 4.98 Å². The van der Waals surface area contributed by atoms with Crippen LogP contribution in [-0.4, -0.2) is 38.8 Å². The van der Waals surface area contributed by atoms with Crippen LogP contribution in [0.2, 0.25) is 25.7 Å². The molecule has 1 heterocycles. The van der Waals surface area contributed by atoms with Crippen LogP contribution in [-0.2, 0) is 15.1 Å². The van der Waals surface area contributed by atoms with E-state index in [2.05, 4.69) is 9.72 Å². The Kier molecular flexibility index (Phi) is 6.27. The molecule has 3 nitrogen and oxygen atoms in total. The lowest BCUT2D eigenvalue weighted by atomic mass is 10.0. The van der Waals surface area contributed by atoms with Crippen LogP contribution in [0.1, 0.15) is 5.01 Å². The molecule has 0 aliphatic carbocycles. The molecule has 1 rings (SSSR count). The Morgan fingerprint density at radius 2 is 1.65 bits per heavy atom. The smallest absolute Gasteiger partial charge is 0.356 e. The highest BCUT2D eigenvalue weighted by Gasteiger charge is 2.75. The third-order valence-electron chi connectivity index (χ3n) is 2.89. The first-order valence-electron chi connectivity index (χ1n) is 6.56. The maximum atomic E-state index is 13.2. The minimum atomic E-state index is -5.72. The van der Waals surface area contributed by atoms with Crippen LogP contribution in [0.15, 0.2) is 11.6 Å². The molecular weight excluding hydrogens is 364 g/mol. The summed E-state index contributed by atoms with van der Waals surface area (Å²) in [7, 11) is -1.51. The molecule has 0 aromatic carbocycles. The Morgan fingerprint density at radius 3 is 2.04 bits per heavy atom. The SMILES string of the molecule is C[Si](C)(C)CCOCOC(c1nccs1)(C(F)(F)F)C(F)(F)F. The lowest BCUT2D eigenvalue weighted by Crippen LogP contribution is -2.56. The first-order valence-corrected chi connectivity index (χ1v) is 11.1. The van der Waals surface area contributed by atoms with Gasteiger partial charge in [-0.05, 0) is 6.04 Å². The number of hydrogen-bond donors (Lipinski definition) is 0. The highest BCUT2D eigenvalue weighted by atomic mass is 32.1. The van der Waals surface area contributed by atoms with Crippen molar-refractivity contribution in [2.75, 3.05) is 13.4 Å². The molecule has 0 atom stereocenters. The minimum Gasteiger partial charge on any atom is -0.356 e. The number of thiazole rings is 1. The second kappa shape index (κ2) is 7.07. The zero-order valence-corrected chi connectivity index (χ0v) is 14.5. The predicted octanol–water partition coefficient (Wildman–Crippen LogP) is 4.79. The van der Waals surface area contributed by atoms with Gasteiger partial charge in [0.15, 0.2) is 0 Å². The molecule has 0 amide bonds. The van der Waals surface area contributed by atoms with Crippen molar-refractivity contribution in [3.8, 4) is 0 Å². The average Bonchev–Trinajstić information content (AvgIpc) is 2.82. The minimum absolute atomic E-state index is 0.0411. The highest BCUT2D eigenvalue weighted by Crippen LogP contribution is 2.53. The van der Waals surface area contributed by atoms with E-state index in [1.807, 2.05) is 19.6 Å². The van der Waals surface area contributed by atoms with E-state index < -0.39 is 37.8 Å². The zero-order valence-electron chi connectivity index (χ0n) is 12.7. The van der Waals surface area contributed by atoms with Crippen LogP contribution in [0.25, 0.3) is 0 Å². The molecule has 11 heteroatoms. The number of rotatable bonds is 7. The monoisotopic (exact) mass is 381 g/mol. The molecule has 1 aromatic heterocycles. The Morgan fingerprint density at radius 1 is 1.09 bits per heavy atom. The molecule has 0 N–H and O–H groups in total. The number of halogens is 6. The maximum Gasteiger partial charge on any atom is 0.433 e. The fraction of sp³-hybridized carbons (Fsp3) is 0.750. The summed E-state index contributed by atoms with van der Waals surface area (Å²) in [4.78, 5) is 3.16. The lowest BCUT2D eigenvalue weighted by Gasteiger charge is -2.35. The van der Waals surface area contributed by atoms with Gasteiger partial charge in [0.25, 0.3) is 0 Å². The van der Waals surface area contributed by atoms with E-state index in [1.165, 1.54) is 0 Å². The van der Waals surface area contributed by atoms with Crippen LogP contribution < -0.4 is 0 Å². The number of aromatic nitrogens is 1. The second-order valence-electron chi connectivity index (χ2n) is 6.00. The van der Waals surface area contributed by atoms with Crippen molar-refractivity contribution in [2.45, 2.75) is 43.6 Å². The van der Waals surface area contributed by atoms with Crippen LogP contribution in [0.4, 0.5) is 26.3 Å². The summed E-state index contributed by atoms with van der Waals surface area (Å²) in [5, 5.41) is -0.192. The summed E-state index contributed by atoms with van der Waals surface area (Å²) in [5.41, 5.74) is -4.48. The first-order chi connectivity index (χ1) is 10.3. The van der Waals surface area contributed by atoms with Gasteiger partial charge in [0.1, 0.15) is 11.8 Å². The van der Waals surface area contributed by atoms with Gasteiger partial charge in [-0.3, -0.25) is 0 Å². The fourth-order valence-corrected chi connectivity index (χ4v) is 3.18. The van der Waals surface area contributed by atoms with Gasteiger partial charge in [0.2, 0.25) is 0 Å². The largest absolute Gasteiger partial charge is 0.433 e. The van der Waals surface area contributed by atoms with E-state index in [1.54, 1.807) is 0 Å². The summed E-state index contributed by atoms with van der Waals surface area (Å²) < 4.78 is 88.3. The molecule has 0 unspecified atom stereocenters. The van der Waals surface area contributed by atoms with Gasteiger partial charge >= 0.3 is 18.0 Å². The van der Waals surface area contributed by atoms with Gasteiger partial charge in [-0.15, -0.1) is 11.3 Å². The molecule has 0 radical (unpaired) electrons. The van der Waals surface area contributed by atoms with E-state index in [0.717, 1.165) is 11.6 Å². The van der Waals surface area contributed by atoms with Gasteiger partial charge < -0.3 is 9.47 Å². The number of hydrogen-bond acceptors (Lipinski definition) is 4. The van der Waals surface area contributed by atoms with Crippen molar-refractivity contribution < 1.29 is 35.8 Å². The lowest BCUT2D eigenvalue weighted by molar-refractivity contribution is -0.401. The van der Waals surface area contributed by atoms with Crippen LogP contribution >= 0.6 is 11.3 Å². The average molecular weight is 381 g/mol. The van der Waals surface area contributed by atoms with E-state index in [9.17, 15) is 26.3 Å².